The SMILES string of the molecule is CCC(C)C(C)=N/C(C)=C(\C)c1nc(NC2CCN(SC)CC2)ncc1F. The minimum Gasteiger partial charge on any atom is -0.351 e. The van der Waals surface area contributed by atoms with Gasteiger partial charge in [0.05, 0.1) is 6.20 Å². The zero-order valence-corrected chi connectivity index (χ0v) is 18.2. The number of nitrogens with one attached hydrogen (secondary N) is 1. The fourth-order valence-corrected chi connectivity index (χ4v) is 3.57. The van der Waals surface area contributed by atoms with Crippen LogP contribution in [0.1, 0.15) is 59.6 Å². The van der Waals surface area contributed by atoms with Gasteiger partial charge in [-0.3, -0.25) is 9.30 Å². The van der Waals surface area contributed by atoms with Crippen molar-refractivity contribution in [1.29, 1.82) is 0 Å². The lowest BCUT2D eigenvalue weighted by Crippen LogP contribution is -2.35. The molecule has 1 fully saturated rings. The molecule has 1 aliphatic heterocycles. The van der Waals surface area contributed by atoms with Crippen LogP contribution in [0.2, 0.25) is 0 Å². The quantitative estimate of drug-likeness (QED) is 0.520. The van der Waals surface area contributed by atoms with E-state index in [9.17, 15) is 4.39 Å². The van der Waals surface area contributed by atoms with Crippen molar-refractivity contribution in [2.24, 2.45) is 10.9 Å². The average Bonchev–Trinajstić information content (AvgIpc) is 2.68. The monoisotopic (exact) mass is 393 g/mol. The Balaban J connectivity index is 2.18. The lowest BCUT2D eigenvalue weighted by atomic mass is 10.0. The third-order valence-electron chi connectivity index (χ3n) is 5.36. The Morgan fingerprint density at radius 1 is 1.37 bits per heavy atom. The number of halogens is 1. The highest BCUT2D eigenvalue weighted by molar-refractivity contribution is 7.96. The summed E-state index contributed by atoms with van der Waals surface area (Å²) in [5.74, 6) is 0.488. The highest BCUT2D eigenvalue weighted by atomic mass is 32.2. The van der Waals surface area contributed by atoms with E-state index in [1.54, 1.807) is 11.9 Å². The van der Waals surface area contributed by atoms with Gasteiger partial charge in [0.2, 0.25) is 5.95 Å². The molecule has 1 atom stereocenters. The molecule has 1 unspecified atom stereocenters. The number of piperidine rings is 1. The molecule has 1 aliphatic rings. The van der Waals surface area contributed by atoms with Crippen LogP contribution < -0.4 is 5.32 Å². The second-order valence-corrected chi connectivity index (χ2v) is 8.07. The van der Waals surface area contributed by atoms with Gasteiger partial charge < -0.3 is 5.32 Å². The largest absolute Gasteiger partial charge is 0.351 e. The lowest BCUT2D eigenvalue weighted by molar-refractivity contribution is 0.358. The number of aliphatic imine (C=N–C) groups is 1. The van der Waals surface area contributed by atoms with Crippen LogP contribution in [0.5, 0.6) is 0 Å². The predicted octanol–water partition coefficient (Wildman–Crippen LogP) is 5.03. The van der Waals surface area contributed by atoms with E-state index in [0.717, 1.165) is 49.3 Å². The molecule has 0 bridgehead atoms. The number of hydrogen-bond donors (Lipinski definition) is 1. The first-order valence-corrected chi connectivity index (χ1v) is 10.8. The summed E-state index contributed by atoms with van der Waals surface area (Å²) < 4.78 is 16.7. The molecule has 2 rings (SSSR count). The Morgan fingerprint density at radius 2 is 2.04 bits per heavy atom. The van der Waals surface area contributed by atoms with E-state index in [1.807, 2.05) is 20.8 Å². The van der Waals surface area contributed by atoms with Crippen molar-refractivity contribution in [3.8, 4) is 0 Å². The molecule has 5 nitrogen and oxygen atoms in total. The first kappa shape index (κ1) is 21.8. The lowest BCUT2D eigenvalue weighted by Gasteiger charge is -2.30. The summed E-state index contributed by atoms with van der Waals surface area (Å²) >= 11 is 1.78. The van der Waals surface area contributed by atoms with Gasteiger partial charge in [0.25, 0.3) is 0 Å². The Kier molecular flexibility index (Phi) is 8.23. The summed E-state index contributed by atoms with van der Waals surface area (Å²) in [6.45, 7) is 12.2. The standard InChI is InChI=1S/C20H32FN5S/c1-7-13(2)15(4)23-16(5)14(3)19-18(21)12-22-20(25-19)24-17-8-10-26(27-6)11-9-17/h12-13,17H,7-11H2,1-6H3,(H,22,24,25)/b16-14+,23-15?. The maximum Gasteiger partial charge on any atom is 0.223 e. The third-order valence-corrected chi connectivity index (χ3v) is 6.24. The molecule has 0 aromatic carbocycles. The average molecular weight is 394 g/mol. The number of aromatic nitrogens is 2. The van der Waals surface area contributed by atoms with Gasteiger partial charge in [-0.1, -0.05) is 25.8 Å². The van der Waals surface area contributed by atoms with E-state index >= 15 is 0 Å². The summed E-state index contributed by atoms with van der Waals surface area (Å²) in [6.07, 6.45) is 6.45. The molecular weight excluding hydrogens is 361 g/mol. The number of allylic oxidation sites excluding steroid dienone is 2. The molecule has 1 N–H and O–H groups in total. The van der Waals surface area contributed by atoms with Crippen LogP contribution in [0, 0.1) is 11.7 Å². The second-order valence-electron chi connectivity index (χ2n) is 7.19. The number of hydrogen-bond acceptors (Lipinski definition) is 6. The van der Waals surface area contributed by atoms with Gasteiger partial charge in [-0.2, -0.15) is 0 Å². The van der Waals surface area contributed by atoms with Gasteiger partial charge >= 0.3 is 0 Å². The van der Waals surface area contributed by atoms with Crippen LogP contribution in [-0.2, 0) is 0 Å². The molecule has 1 aromatic heterocycles. The van der Waals surface area contributed by atoms with Crippen LogP contribution in [0.25, 0.3) is 5.57 Å². The second kappa shape index (κ2) is 10.2. The van der Waals surface area contributed by atoms with Crippen LogP contribution in [0.15, 0.2) is 16.9 Å². The van der Waals surface area contributed by atoms with Crippen molar-refractivity contribution in [2.75, 3.05) is 24.7 Å². The molecule has 7 heteroatoms. The summed E-state index contributed by atoms with van der Waals surface area (Å²) in [7, 11) is 0. The summed E-state index contributed by atoms with van der Waals surface area (Å²) in [6, 6.07) is 0.322. The predicted molar refractivity (Wildman–Crippen MR) is 115 cm³/mol. The molecule has 0 saturated carbocycles. The van der Waals surface area contributed by atoms with Crippen LogP contribution in [-0.4, -0.2) is 45.4 Å². The van der Waals surface area contributed by atoms with E-state index < -0.39 is 5.82 Å². The Hall–Kier alpha value is -1.47. The van der Waals surface area contributed by atoms with Crippen molar-refractivity contribution in [2.45, 2.75) is 59.9 Å². The molecule has 0 radical (unpaired) electrons. The Morgan fingerprint density at radius 3 is 2.63 bits per heavy atom. The first-order chi connectivity index (χ1) is 12.8. The van der Waals surface area contributed by atoms with Gasteiger partial charge in [-0.15, -0.1) is 0 Å². The molecule has 1 aromatic rings. The number of rotatable bonds is 7. The molecule has 0 amide bonds. The van der Waals surface area contributed by atoms with E-state index in [1.165, 1.54) is 6.20 Å². The minimum absolute atomic E-state index is 0.322. The van der Waals surface area contributed by atoms with Crippen LogP contribution >= 0.6 is 11.9 Å². The highest BCUT2D eigenvalue weighted by Gasteiger charge is 2.20. The zero-order chi connectivity index (χ0) is 20.0. The summed E-state index contributed by atoms with van der Waals surface area (Å²) in [4.78, 5) is 13.3. The molecular formula is C20H32FN5S. The number of anilines is 1. The van der Waals surface area contributed by atoms with Crippen LogP contribution in [0.4, 0.5) is 10.3 Å². The molecule has 150 valence electrons. The fraction of sp³-hybridized carbons (Fsp3) is 0.650. The highest BCUT2D eigenvalue weighted by Crippen LogP contribution is 2.23. The molecule has 27 heavy (non-hydrogen) atoms. The maximum absolute atomic E-state index is 14.4. The zero-order valence-electron chi connectivity index (χ0n) is 17.3. The summed E-state index contributed by atoms with van der Waals surface area (Å²) in [5, 5.41) is 3.37. The normalized spacial score (nSPS) is 19.0. The van der Waals surface area contributed by atoms with Crippen molar-refractivity contribution in [1.82, 2.24) is 14.3 Å². The minimum atomic E-state index is -0.411. The Bertz CT molecular complexity index is 696. The van der Waals surface area contributed by atoms with E-state index in [4.69, 9.17) is 0 Å². The maximum atomic E-state index is 14.4. The molecule has 1 saturated heterocycles. The van der Waals surface area contributed by atoms with Gasteiger partial charge in [0.1, 0.15) is 5.69 Å². The smallest absolute Gasteiger partial charge is 0.223 e. The van der Waals surface area contributed by atoms with Crippen molar-refractivity contribution in [3.05, 3.63) is 23.4 Å². The number of nitrogens with zero attached hydrogens (tertiary/aromatic N) is 4. The van der Waals surface area contributed by atoms with Crippen molar-refractivity contribution in [3.63, 3.8) is 0 Å². The molecule has 0 aliphatic carbocycles. The van der Waals surface area contributed by atoms with Crippen LogP contribution in [0.3, 0.4) is 0 Å². The Labute approximate surface area is 167 Å². The summed E-state index contributed by atoms with van der Waals surface area (Å²) in [5.41, 5.74) is 2.93. The topological polar surface area (TPSA) is 53.4 Å². The van der Waals surface area contributed by atoms with Gasteiger partial charge in [-0.25, -0.2) is 14.4 Å². The van der Waals surface area contributed by atoms with E-state index in [0.29, 0.717) is 23.6 Å². The van der Waals surface area contributed by atoms with Gasteiger partial charge in [0, 0.05) is 30.5 Å². The third kappa shape index (κ3) is 6.01. The van der Waals surface area contributed by atoms with E-state index in [2.05, 4.69) is 44.7 Å². The van der Waals surface area contributed by atoms with Gasteiger partial charge in [0.15, 0.2) is 5.82 Å². The van der Waals surface area contributed by atoms with Crippen molar-refractivity contribution < 1.29 is 4.39 Å². The molecule has 2 heterocycles. The fourth-order valence-electron chi connectivity index (χ4n) is 2.99. The first-order valence-electron chi connectivity index (χ1n) is 9.66. The van der Waals surface area contributed by atoms with Gasteiger partial charge in [-0.05, 0) is 57.8 Å². The molecule has 0 spiro atoms. The van der Waals surface area contributed by atoms with Crippen molar-refractivity contribution >= 4 is 29.2 Å². The van der Waals surface area contributed by atoms with E-state index in [-0.39, 0.29) is 0 Å².